The molecule has 2 aromatic heterocycles. The van der Waals surface area contributed by atoms with Gasteiger partial charge < -0.3 is 15.6 Å². The number of imidazole rings is 1. The van der Waals surface area contributed by atoms with Gasteiger partial charge in [-0.1, -0.05) is 30.3 Å². The minimum Gasteiger partial charge on any atom is -0.382 e. The summed E-state index contributed by atoms with van der Waals surface area (Å²) in [6.07, 6.45) is 6.84. The fourth-order valence-electron chi connectivity index (χ4n) is 2.61. The number of nitrogens with two attached hydrogens (primary N) is 1. The zero-order valence-electron chi connectivity index (χ0n) is 12.9. The van der Waals surface area contributed by atoms with Gasteiger partial charge in [0.2, 0.25) is 0 Å². The summed E-state index contributed by atoms with van der Waals surface area (Å²) in [5, 5.41) is 2.92. The van der Waals surface area contributed by atoms with Crippen LogP contribution in [0, 0.1) is 0 Å². The molecule has 0 spiro atoms. The number of hydrogen-bond acceptors (Lipinski definition) is 5. The highest BCUT2D eigenvalue weighted by atomic mass is 16.2. The maximum atomic E-state index is 12.6. The number of hydrogen-bond donors (Lipinski definition) is 2. The van der Waals surface area contributed by atoms with E-state index in [1.54, 1.807) is 6.33 Å². The van der Waals surface area contributed by atoms with Gasteiger partial charge in [0.1, 0.15) is 11.5 Å². The van der Waals surface area contributed by atoms with Crippen molar-refractivity contribution < 1.29 is 4.79 Å². The van der Waals surface area contributed by atoms with E-state index in [4.69, 9.17) is 5.73 Å². The molecule has 1 fully saturated rings. The van der Waals surface area contributed by atoms with Crippen LogP contribution in [0.1, 0.15) is 29.4 Å². The first-order valence-electron chi connectivity index (χ1n) is 7.74. The van der Waals surface area contributed by atoms with Crippen molar-refractivity contribution in [1.82, 2.24) is 19.5 Å². The van der Waals surface area contributed by atoms with Gasteiger partial charge in [0, 0.05) is 24.0 Å². The van der Waals surface area contributed by atoms with Crippen molar-refractivity contribution in [2.45, 2.75) is 18.9 Å². The third-order valence-corrected chi connectivity index (χ3v) is 3.95. The van der Waals surface area contributed by atoms with Crippen molar-refractivity contribution in [2.24, 2.45) is 0 Å². The fourth-order valence-corrected chi connectivity index (χ4v) is 2.61. The summed E-state index contributed by atoms with van der Waals surface area (Å²) in [4.78, 5) is 25.0. The van der Waals surface area contributed by atoms with Crippen molar-refractivity contribution in [3.63, 3.8) is 0 Å². The molecule has 0 bridgehead atoms. The van der Waals surface area contributed by atoms with E-state index in [9.17, 15) is 4.79 Å². The molecule has 1 saturated carbocycles. The molecule has 1 aromatic carbocycles. The third-order valence-electron chi connectivity index (χ3n) is 3.95. The van der Waals surface area contributed by atoms with Crippen LogP contribution in [0.25, 0.3) is 11.3 Å². The van der Waals surface area contributed by atoms with Gasteiger partial charge in [-0.05, 0) is 12.8 Å². The van der Waals surface area contributed by atoms with Gasteiger partial charge in [-0.15, -0.1) is 0 Å². The van der Waals surface area contributed by atoms with Gasteiger partial charge in [-0.3, -0.25) is 4.79 Å². The van der Waals surface area contributed by atoms with Gasteiger partial charge in [0.05, 0.1) is 6.33 Å². The van der Waals surface area contributed by atoms with Crippen LogP contribution in [0.3, 0.4) is 0 Å². The molecular formula is C17H16N6O. The van der Waals surface area contributed by atoms with Crippen molar-refractivity contribution in [3.8, 4) is 11.3 Å². The SMILES string of the molecule is Nc1nccnc1C(=O)Nc1c(-c2ccccc2)ncn1C1CC1. The Bertz CT molecular complexity index is 885. The Hall–Kier alpha value is -3.22. The number of carbonyl (C=O) groups is 1. The smallest absolute Gasteiger partial charge is 0.279 e. The molecule has 0 atom stereocenters. The Labute approximate surface area is 138 Å². The summed E-state index contributed by atoms with van der Waals surface area (Å²) < 4.78 is 2.01. The van der Waals surface area contributed by atoms with E-state index >= 15 is 0 Å². The molecule has 1 aliphatic carbocycles. The number of nitrogen functional groups attached to an aromatic ring is 1. The molecule has 7 nitrogen and oxygen atoms in total. The normalized spacial score (nSPS) is 13.7. The predicted molar refractivity (Wildman–Crippen MR) is 90.3 cm³/mol. The first-order valence-corrected chi connectivity index (χ1v) is 7.74. The molecule has 3 aromatic rings. The predicted octanol–water partition coefficient (Wildman–Crippen LogP) is 2.51. The molecule has 24 heavy (non-hydrogen) atoms. The summed E-state index contributed by atoms with van der Waals surface area (Å²) in [6, 6.07) is 10.1. The Morgan fingerprint density at radius 3 is 2.58 bits per heavy atom. The lowest BCUT2D eigenvalue weighted by Crippen LogP contribution is -2.19. The van der Waals surface area contributed by atoms with Crippen LogP contribution >= 0.6 is 0 Å². The van der Waals surface area contributed by atoms with Crippen LogP contribution < -0.4 is 11.1 Å². The van der Waals surface area contributed by atoms with Crippen molar-refractivity contribution in [3.05, 3.63) is 54.7 Å². The Kier molecular flexibility index (Phi) is 3.45. The molecular weight excluding hydrogens is 304 g/mol. The minimum absolute atomic E-state index is 0.105. The molecule has 3 N–H and O–H groups in total. The van der Waals surface area contributed by atoms with Crippen LogP contribution in [-0.2, 0) is 0 Å². The molecule has 0 aliphatic heterocycles. The summed E-state index contributed by atoms with van der Waals surface area (Å²) in [5.41, 5.74) is 7.54. The van der Waals surface area contributed by atoms with Crippen molar-refractivity contribution in [2.75, 3.05) is 11.1 Å². The molecule has 0 radical (unpaired) electrons. The minimum atomic E-state index is -0.389. The average molecular weight is 320 g/mol. The molecule has 1 aliphatic rings. The topological polar surface area (TPSA) is 98.7 Å². The second-order valence-electron chi connectivity index (χ2n) is 5.69. The molecule has 1 amide bonds. The lowest BCUT2D eigenvalue weighted by molar-refractivity contribution is 0.102. The van der Waals surface area contributed by atoms with Gasteiger partial charge in [-0.25, -0.2) is 15.0 Å². The van der Waals surface area contributed by atoms with E-state index in [1.165, 1.54) is 12.4 Å². The first kappa shape index (κ1) is 14.4. The number of amides is 1. The molecule has 0 unspecified atom stereocenters. The highest BCUT2D eigenvalue weighted by Crippen LogP contribution is 2.40. The second kappa shape index (κ2) is 5.77. The summed E-state index contributed by atoms with van der Waals surface area (Å²) in [6.45, 7) is 0. The molecule has 120 valence electrons. The molecule has 2 heterocycles. The monoisotopic (exact) mass is 320 g/mol. The van der Waals surface area contributed by atoms with Crippen LogP contribution in [0.2, 0.25) is 0 Å². The van der Waals surface area contributed by atoms with Gasteiger partial charge in [0.25, 0.3) is 5.91 Å². The summed E-state index contributed by atoms with van der Waals surface area (Å²) in [5.74, 6) is 0.382. The lowest BCUT2D eigenvalue weighted by Gasteiger charge is -2.11. The third kappa shape index (κ3) is 2.60. The van der Waals surface area contributed by atoms with Crippen LogP contribution in [0.15, 0.2) is 49.1 Å². The van der Waals surface area contributed by atoms with Gasteiger partial charge >= 0.3 is 0 Å². The average Bonchev–Trinajstić information content (AvgIpc) is 3.37. The number of rotatable bonds is 4. The van der Waals surface area contributed by atoms with Crippen LogP contribution in [0.5, 0.6) is 0 Å². The zero-order valence-corrected chi connectivity index (χ0v) is 12.9. The van der Waals surface area contributed by atoms with E-state index in [-0.39, 0.29) is 17.4 Å². The van der Waals surface area contributed by atoms with Crippen LogP contribution in [0.4, 0.5) is 11.6 Å². The van der Waals surface area contributed by atoms with E-state index in [2.05, 4.69) is 20.3 Å². The maximum Gasteiger partial charge on any atom is 0.279 e. The maximum absolute atomic E-state index is 12.6. The van der Waals surface area contributed by atoms with Crippen molar-refractivity contribution in [1.29, 1.82) is 0 Å². The molecule has 0 saturated heterocycles. The highest BCUT2D eigenvalue weighted by molar-refractivity contribution is 6.06. The van der Waals surface area contributed by atoms with Gasteiger partial charge in [-0.2, -0.15) is 0 Å². The van der Waals surface area contributed by atoms with Crippen LogP contribution in [-0.4, -0.2) is 25.4 Å². The first-order chi connectivity index (χ1) is 11.7. The quantitative estimate of drug-likeness (QED) is 0.769. The Morgan fingerprint density at radius 2 is 1.88 bits per heavy atom. The van der Waals surface area contributed by atoms with E-state index < -0.39 is 0 Å². The number of aromatic nitrogens is 4. The van der Waals surface area contributed by atoms with Gasteiger partial charge in [0.15, 0.2) is 11.5 Å². The number of benzene rings is 1. The summed E-state index contributed by atoms with van der Waals surface area (Å²) >= 11 is 0. The molecule has 7 heteroatoms. The van der Waals surface area contributed by atoms with E-state index in [0.29, 0.717) is 11.9 Å². The standard InChI is InChI=1S/C17H16N6O/c18-15-14(19-8-9-20-15)17(24)22-16-13(11-4-2-1-3-5-11)21-10-23(16)12-6-7-12/h1-5,8-10,12H,6-7H2,(H2,18,20)(H,22,24). The number of nitrogens with zero attached hydrogens (tertiary/aromatic N) is 4. The van der Waals surface area contributed by atoms with E-state index in [1.807, 2.05) is 34.9 Å². The number of carbonyl (C=O) groups excluding carboxylic acids is 1. The van der Waals surface area contributed by atoms with E-state index in [0.717, 1.165) is 24.1 Å². The molecule has 4 rings (SSSR count). The zero-order chi connectivity index (χ0) is 16.5. The lowest BCUT2D eigenvalue weighted by atomic mass is 10.1. The Balaban J connectivity index is 1.73. The number of anilines is 2. The largest absolute Gasteiger partial charge is 0.382 e. The highest BCUT2D eigenvalue weighted by Gasteiger charge is 2.29. The Morgan fingerprint density at radius 1 is 1.12 bits per heavy atom. The number of nitrogens with one attached hydrogen (secondary N) is 1. The fraction of sp³-hybridized carbons (Fsp3) is 0.176. The van der Waals surface area contributed by atoms with Crippen molar-refractivity contribution >= 4 is 17.5 Å². The summed E-state index contributed by atoms with van der Waals surface area (Å²) in [7, 11) is 0. The second-order valence-corrected chi connectivity index (χ2v) is 5.69.